The number of amides is 3. The normalized spacial score (nSPS) is 14.9. The lowest BCUT2D eigenvalue weighted by Crippen LogP contribution is -2.50. The molecule has 0 saturated carbocycles. The first-order valence-corrected chi connectivity index (χ1v) is 11.0. The summed E-state index contributed by atoms with van der Waals surface area (Å²) in [6, 6.07) is 13.0. The molecule has 164 valence electrons. The number of carbonyl (C=O) groups excluding carboxylic acids is 3. The third-order valence-corrected chi connectivity index (χ3v) is 5.69. The zero-order valence-corrected chi connectivity index (χ0v) is 18.4. The lowest BCUT2D eigenvalue weighted by molar-refractivity contribution is -0.121. The van der Waals surface area contributed by atoms with Gasteiger partial charge in [-0.1, -0.05) is 52.2 Å². The number of hydrogen-bond donors (Lipinski definition) is 1. The Labute approximate surface area is 183 Å². The zero-order chi connectivity index (χ0) is 22.4. The quantitative estimate of drug-likeness (QED) is 0.436. The maximum absolute atomic E-state index is 13.2. The summed E-state index contributed by atoms with van der Waals surface area (Å²) in [6.07, 6.45) is 3.92. The molecule has 0 radical (unpaired) electrons. The molecule has 1 heterocycles. The Hall–Kier alpha value is -3.15. The summed E-state index contributed by atoms with van der Waals surface area (Å²) >= 11 is 0. The fourth-order valence-electron chi connectivity index (χ4n) is 3.71. The molecular formula is C25H30N2O4. The molecule has 0 aliphatic carbocycles. The van der Waals surface area contributed by atoms with Crippen LogP contribution in [-0.2, 0) is 4.79 Å². The van der Waals surface area contributed by atoms with Crippen LogP contribution in [0.25, 0.3) is 0 Å². The second-order valence-electron chi connectivity index (χ2n) is 7.93. The number of imide groups is 1. The van der Waals surface area contributed by atoms with Crippen molar-refractivity contribution in [3.8, 4) is 5.75 Å². The summed E-state index contributed by atoms with van der Waals surface area (Å²) in [5.74, 6) is -0.662. The van der Waals surface area contributed by atoms with E-state index in [1.165, 1.54) is 0 Å². The van der Waals surface area contributed by atoms with Crippen molar-refractivity contribution in [1.29, 1.82) is 0 Å². The molecule has 2 atom stereocenters. The van der Waals surface area contributed by atoms with Gasteiger partial charge < -0.3 is 10.1 Å². The van der Waals surface area contributed by atoms with Crippen LogP contribution in [0.4, 0.5) is 5.69 Å². The van der Waals surface area contributed by atoms with Gasteiger partial charge in [0.1, 0.15) is 11.8 Å². The van der Waals surface area contributed by atoms with Gasteiger partial charge in [0.15, 0.2) is 0 Å². The minimum Gasteiger partial charge on any atom is -0.494 e. The van der Waals surface area contributed by atoms with Crippen molar-refractivity contribution in [3.63, 3.8) is 0 Å². The molecule has 2 aromatic rings. The zero-order valence-electron chi connectivity index (χ0n) is 18.4. The fourth-order valence-corrected chi connectivity index (χ4v) is 3.71. The Morgan fingerprint density at radius 2 is 1.58 bits per heavy atom. The van der Waals surface area contributed by atoms with Crippen LogP contribution in [-0.4, -0.2) is 35.3 Å². The van der Waals surface area contributed by atoms with Crippen molar-refractivity contribution >= 4 is 23.4 Å². The number of fused-ring (bicyclic) bond motifs is 1. The Morgan fingerprint density at radius 3 is 2.13 bits per heavy atom. The second kappa shape index (κ2) is 10.2. The Bertz CT molecular complexity index is 904. The Morgan fingerprint density at radius 1 is 0.968 bits per heavy atom. The largest absolute Gasteiger partial charge is 0.494 e. The van der Waals surface area contributed by atoms with E-state index < -0.39 is 17.9 Å². The summed E-state index contributed by atoms with van der Waals surface area (Å²) in [7, 11) is 0. The average Bonchev–Trinajstić information content (AvgIpc) is 3.03. The summed E-state index contributed by atoms with van der Waals surface area (Å²) in [4.78, 5) is 40.1. The van der Waals surface area contributed by atoms with Gasteiger partial charge in [0.25, 0.3) is 11.8 Å². The number of nitrogens with zero attached hydrogens (tertiary/aromatic N) is 1. The molecule has 1 N–H and O–H groups in total. The maximum atomic E-state index is 13.2. The molecule has 0 spiro atoms. The van der Waals surface area contributed by atoms with Crippen molar-refractivity contribution < 1.29 is 19.1 Å². The van der Waals surface area contributed by atoms with Crippen LogP contribution >= 0.6 is 0 Å². The Kier molecular flexibility index (Phi) is 7.45. The highest BCUT2D eigenvalue weighted by Gasteiger charge is 2.44. The number of ether oxygens (including phenoxy) is 1. The standard InChI is InChI=1S/C25H30N2O4/c1-4-6-9-16-31-19-14-12-18(13-15-19)26-23(28)22(17(3)5-2)27-24(29)20-10-7-8-11-21(20)25(27)30/h7-8,10-15,17,22H,4-6,9,16H2,1-3H3,(H,26,28). The highest BCUT2D eigenvalue weighted by Crippen LogP contribution is 2.29. The fraction of sp³-hybridized carbons (Fsp3) is 0.400. The lowest BCUT2D eigenvalue weighted by Gasteiger charge is -2.29. The third-order valence-electron chi connectivity index (χ3n) is 5.69. The van der Waals surface area contributed by atoms with Crippen LogP contribution in [0.5, 0.6) is 5.75 Å². The number of benzene rings is 2. The van der Waals surface area contributed by atoms with Crippen molar-refractivity contribution in [2.75, 3.05) is 11.9 Å². The van der Waals surface area contributed by atoms with Gasteiger partial charge in [-0.3, -0.25) is 19.3 Å². The lowest BCUT2D eigenvalue weighted by atomic mass is 9.96. The van der Waals surface area contributed by atoms with Crippen LogP contribution < -0.4 is 10.1 Å². The molecule has 0 aromatic heterocycles. The second-order valence-corrected chi connectivity index (χ2v) is 7.93. The van der Waals surface area contributed by atoms with E-state index in [-0.39, 0.29) is 11.8 Å². The van der Waals surface area contributed by atoms with Gasteiger partial charge in [0.05, 0.1) is 17.7 Å². The maximum Gasteiger partial charge on any atom is 0.262 e. The molecule has 1 aliphatic heterocycles. The first kappa shape index (κ1) is 22.5. The van der Waals surface area contributed by atoms with E-state index in [1.54, 1.807) is 36.4 Å². The van der Waals surface area contributed by atoms with Crippen molar-refractivity contribution in [2.45, 2.75) is 52.5 Å². The summed E-state index contributed by atoms with van der Waals surface area (Å²) in [5.41, 5.74) is 1.28. The highest BCUT2D eigenvalue weighted by atomic mass is 16.5. The third kappa shape index (κ3) is 4.95. The number of anilines is 1. The molecule has 1 aliphatic rings. The van der Waals surface area contributed by atoms with E-state index in [4.69, 9.17) is 4.74 Å². The van der Waals surface area contributed by atoms with Crippen LogP contribution in [0.15, 0.2) is 48.5 Å². The number of unbranched alkanes of at least 4 members (excludes halogenated alkanes) is 2. The van der Waals surface area contributed by atoms with Gasteiger partial charge in [0.2, 0.25) is 5.91 Å². The Balaban J connectivity index is 1.73. The van der Waals surface area contributed by atoms with E-state index >= 15 is 0 Å². The number of nitrogens with one attached hydrogen (secondary N) is 1. The van der Waals surface area contributed by atoms with E-state index in [0.29, 0.717) is 29.8 Å². The molecule has 0 bridgehead atoms. The van der Waals surface area contributed by atoms with E-state index in [0.717, 1.165) is 29.9 Å². The van der Waals surface area contributed by atoms with E-state index in [2.05, 4.69) is 12.2 Å². The monoisotopic (exact) mass is 422 g/mol. The van der Waals surface area contributed by atoms with Crippen LogP contribution in [0.2, 0.25) is 0 Å². The molecule has 0 fully saturated rings. The van der Waals surface area contributed by atoms with Crippen LogP contribution in [0.3, 0.4) is 0 Å². The molecule has 2 aromatic carbocycles. The molecule has 2 unspecified atom stereocenters. The molecule has 6 nitrogen and oxygen atoms in total. The number of carbonyl (C=O) groups is 3. The summed E-state index contributed by atoms with van der Waals surface area (Å²) in [6.45, 7) is 6.62. The van der Waals surface area contributed by atoms with Gasteiger partial charge >= 0.3 is 0 Å². The topological polar surface area (TPSA) is 75.7 Å². The smallest absolute Gasteiger partial charge is 0.262 e. The van der Waals surface area contributed by atoms with E-state index in [1.807, 2.05) is 26.0 Å². The summed E-state index contributed by atoms with van der Waals surface area (Å²) in [5, 5.41) is 2.87. The van der Waals surface area contributed by atoms with Gasteiger partial charge in [0, 0.05) is 5.69 Å². The van der Waals surface area contributed by atoms with Crippen molar-refractivity contribution in [1.82, 2.24) is 4.90 Å². The van der Waals surface area contributed by atoms with Gasteiger partial charge in [-0.15, -0.1) is 0 Å². The molecular weight excluding hydrogens is 392 g/mol. The van der Waals surface area contributed by atoms with Crippen LogP contribution in [0, 0.1) is 5.92 Å². The predicted octanol–water partition coefficient (Wildman–Crippen LogP) is 4.91. The first-order chi connectivity index (χ1) is 15.0. The molecule has 3 amide bonds. The van der Waals surface area contributed by atoms with Crippen molar-refractivity contribution in [2.24, 2.45) is 5.92 Å². The highest BCUT2D eigenvalue weighted by molar-refractivity contribution is 6.23. The number of hydrogen-bond acceptors (Lipinski definition) is 4. The van der Waals surface area contributed by atoms with Gasteiger partial charge in [-0.05, 0) is 48.7 Å². The average molecular weight is 423 g/mol. The number of rotatable bonds is 10. The SMILES string of the molecule is CCCCCOc1ccc(NC(=O)C(C(C)CC)N2C(=O)c3ccccc3C2=O)cc1. The van der Waals surface area contributed by atoms with Gasteiger partial charge in [-0.2, -0.15) is 0 Å². The van der Waals surface area contributed by atoms with E-state index in [9.17, 15) is 14.4 Å². The molecule has 31 heavy (non-hydrogen) atoms. The molecule has 6 heteroatoms. The van der Waals surface area contributed by atoms with Gasteiger partial charge in [-0.25, -0.2) is 0 Å². The van der Waals surface area contributed by atoms with Crippen molar-refractivity contribution in [3.05, 3.63) is 59.7 Å². The summed E-state index contributed by atoms with van der Waals surface area (Å²) < 4.78 is 5.71. The molecule has 3 rings (SSSR count). The minimum absolute atomic E-state index is 0.191. The first-order valence-electron chi connectivity index (χ1n) is 11.0. The minimum atomic E-state index is -0.887. The van der Waals surface area contributed by atoms with Crippen LogP contribution in [0.1, 0.15) is 67.2 Å². The predicted molar refractivity (Wildman–Crippen MR) is 120 cm³/mol. The molecule has 0 saturated heterocycles.